The van der Waals surface area contributed by atoms with E-state index in [-0.39, 0.29) is 5.97 Å². The average Bonchev–Trinajstić information content (AvgIpc) is 2.63. The molecule has 0 aliphatic carbocycles. The normalized spacial score (nSPS) is 10.6. The minimum atomic E-state index is -0.308. The van der Waals surface area contributed by atoms with Crippen LogP contribution in [-0.2, 0) is 11.8 Å². The lowest BCUT2D eigenvalue weighted by Crippen LogP contribution is -2.04. The standard InChI is InChI=1S/C14H15BrN2O2/c1-8-6-13(19-10(3)18)9(2)5-11(8)14-12(15)7-16-17(14)4/h5-7H,1-4H3. The Labute approximate surface area is 120 Å². The molecule has 0 atom stereocenters. The van der Waals surface area contributed by atoms with Gasteiger partial charge in [0.2, 0.25) is 0 Å². The molecule has 0 spiro atoms. The second kappa shape index (κ2) is 5.17. The molecular formula is C14H15BrN2O2. The summed E-state index contributed by atoms with van der Waals surface area (Å²) in [5, 5.41) is 4.22. The molecular weight excluding hydrogens is 308 g/mol. The summed E-state index contributed by atoms with van der Waals surface area (Å²) >= 11 is 3.50. The van der Waals surface area contributed by atoms with Gasteiger partial charge in [0.05, 0.1) is 16.4 Å². The minimum absolute atomic E-state index is 0.308. The van der Waals surface area contributed by atoms with E-state index >= 15 is 0 Å². The Balaban J connectivity index is 2.55. The lowest BCUT2D eigenvalue weighted by Gasteiger charge is -2.12. The molecule has 0 aliphatic rings. The Morgan fingerprint density at radius 2 is 2.00 bits per heavy atom. The number of rotatable bonds is 2. The van der Waals surface area contributed by atoms with E-state index in [0.29, 0.717) is 5.75 Å². The molecule has 0 unspecified atom stereocenters. The summed E-state index contributed by atoms with van der Waals surface area (Å²) in [4.78, 5) is 11.1. The maximum atomic E-state index is 11.1. The monoisotopic (exact) mass is 322 g/mol. The Hall–Kier alpha value is -1.62. The maximum absolute atomic E-state index is 11.1. The quantitative estimate of drug-likeness (QED) is 0.628. The summed E-state index contributed by atoms with van der Waals surface area (Å²) in [6.07, 6.45) is 1.77. The number of hydrogen-bond donors (Lipinski definition) is 0. The van der Waals surface area contributed by atoms with Crippen LogP contribution >= 0.6 is 15.9 Å². The smallest absolute Gasteiger partial charge is 0.308 e. The molecule has 0 aliphatic heterocycles. The van der Waals surface area contributed by atoms with Crippen LogP contribution in [0.2, 0.25) is 0 Å². The van der Waals surface area contributed by atoms with E-state index in [1.807, 2.05) is 37.7 Å². The first-order valence-electron chi connectivity index (χ1n) is 5.87. The van der Waals surface area contributed by atoms with E-state index in [4.69, 9.17) is 4.74 Å². The highest BCUT2D eigenvalue weighted by Gasteiger charge is 2.14. The molecule has 19 heavy (non-hydrogen) atoms. The summed E-state index contributed by atoms with van der Waals surface area (Å²) in [5.41, 5.74) is 4.03. The highest BCUT2D eigenvalue weighted by atomic mass is 79.9. The number of aryl methyl sites for hydroxylation is 3. The van der Waals surface area contributed by atoms with Crippen molar-refractivity contribution in [1.82, 2.24) is 9.78 Å². The summed E-state index contributed by atoms with van der Waals surface area (Å²) in [6.45, 7) is 5.31. The number of esters is 1. The summed E-state index contributed by atoms with van der Waals surface area (Å²) in [7, 11) is 1.90. The topological polar surface area (TPSA) is 44.1 Å². The number of benzene rings is 1. The van der Waals surface area contributed by atoms with Gasteiger partial charge in [-0.25, -0.2) is 0 Å². The minimum Gasteiger partial charge on any atom is -0.426 e. The molecule has 1 aromatic heterocycles. The van der Waals surface area contributed by atoms with Crippen LogP contribution in [0.3, 0.4) is 0 Å². The Morgan fingerprint density at radius 1 is 1.32 bits per heavy atom. The number of halogens is 1. The lowest BCUT2D eigenvalue weighted by molar-refractivity contribution is -0.131. The van der Waals surface area contributed by atoms with Crippen molar-refractivity contribution < 1.29 is 9.53 Å². The molecule has 0 saturated heterocycles. The molecule has 0 bridgehead atoms. The van der Waals surface area contributed by atoms with Gasteiger partial charge in [-0.1, -0.05) is 0 Å². The molecule has 0 radical (unpaired) electrons. The van der Waals surface area contributed by atoms with Crippen molar-refractivity contribution in [3.8, 4) is 17.0 Å². The Morgan fingerprint density at radius 3 is 2.53 bits per heavy atom. The molecule has 2 aromatic rings. The second-order valence-electron chi connectivity index (χ2n) is 4.49. The van der Waals surface area contributed by atoms with Crippen molar-refractivity contribution in [3.05, 3.63) is 33.9 Å². The van der Waals surface area contributed by atoms with Gasteiger partial charge in [0, 0.05) is 19.5 Å². The first-order valence-corrected chi connectivity index (χ1v) is 6.67. The maximum Gasteiger partial charge on any atom is 0.308 e. The van der Waals surface area contributed by atoms with Gasteiger partial charge in [0.1, 0.15) is 5.75 Å². The van der Waals surface area contributed by atoms with Crippen molar-refractivity contribution in [2.45, 2.75) is 20.8 Å². The fraction of sp³-hybridized carbons (Fsp3) is 0.286. The van der Waals surface area contributed by atoms with Crippen LogP contribution in [-0.4, -0.2) is 15.7 Å². The van der Waals surface area contributed by atoms with E-state index < -0.39 is 0 Å². The molecule has 1 aromatic carbocycles. The Kier molecular flexibility index (Phi) is 3.75. The number of carbonyl (C=O) groups is 1. The number of ether oxygens (including phenoxy) is 1. The van der Waals surface area contributed by atoms with Crippen LogP contribution in [0.15, 0.2) is 22.8 Å². The predicted octanol–water partition coefficient (Wildman–Crippen LogP) is 3.39. The fourth-order valence-electron chi connectivity index (χ4n) is 2.02. The summed E-state index contributed by atoms with van der Waals surface area (Å²) < 4.78 is 7.94. The van der Waals surface area contributed by atoms with Crippen molar-refractivity contribution in [2.75, 3.05) is 0 Å². The molecule has 0 fully saturated rings. The second-order valence-corrected chi connectivity index (χ2v) is 5.35. The largest absolute Gasteiger partial charge is 0.426 e. The van der Waals surface area contributed by atoms with Gasteiger partial charge in [-0.15, -0.1) is 0 Å². The SMILES string of the molecule is CC(=O)Oc1cc(C)c(-c2c(Br)cnn2C)cc1C. The van der Waals surface area contributed by atoms with Gasteiger partial charge >= 0.3 is 5.97 Å². The van der Waals surface area contributed by atoms with Gasteiger partial charge in [0.25, 0.3) is 0 Å². The van der Waals surface area contributed by atoms with Crippen LogP contribution in [0.1, 0.15) is 18.1 Å². The predicted molar refractivity (Wildman–Crippen MR) is 77.1 cm³/mol. The van der Waals surface area contributed by atoms with Gasteiger partial charge in [-0.2, -0.15) is 5.10 Å². The van der Waals surface area contributed by atoms with Crippen LogP contribution < -0.4 is 4.74 Å². The summed E-state index contributed by atoms with van der Waals surface area (Å²) in [6, 6.07) is 3.89. The first-order chi connectivity index (χ1) is 8.90. The van der Waals surface area contributed by atoms with E-state index in [0.717, 1.165) is 26.9 Å². The molecule has 0 N–H and O–H groups in total. The van der Waals surface area contributed by atoms with Crippen LogP contribution in [0.4, 0.5) is 0 Å². The molecule has 2 rings (SSSR count). The molecule has 100 valence electrons. The van der Waals surface area contributed by atoms with Gasteiger partial charge < -0.3 is 4.74 Å². The van der Waals surface area contributed by atoms with E-state index in [9.17, 15) is 4.79 Å². The van der Waals surface area contributed by atoms with Crippen molar-refractivity contribution in [1.29, 1.82) is 0 Å². The Bertz CT molecular complexity index is 628. The number of carbonyl (C=O) groups excluding carboxylic acids is 1. The molecule has 0 amide bonds. The van der Waals surface area contributed by atoms with Crippen LogP contribution in [0.5, 0.6) is 5.75 Å². The highest BCUT2D eigenvalue weighted by Crippen LogP contribution is 2.34. The van der Waals surface area contributed by atoms with E-state index in [1.165, 1.54) is 6.92 Å². The van der Waals surface area contributed by atoms with Gasteiger partial charge in [-0.3, -0.25) is 9.48 Å². The van der Waals surface area contributed by atoms with Gasteiger partial charge in [0.15, 0.2) is 0 Å². The average molecular weight is 323 g/mol. The van der Waals surface area contributed by atoms with E-state index in [1.54, 1.807) is 6.20 Å². The van der Waals surface area contributed by atoms with Gasteiger partial charge in [-0.05, 0) is 53.0 Å². The highest BCUT2D eigenvalue weighted by molar-refractivity contribution is 9.10. The molecule has 5 heteroatoms. The number of aromatic nitrogens is 2. The van der Waals surface area contributed by atoms with E-state index in [2.05, 4.69) is 21.0 Å². The lowest BCUT2D eigenvalue weighted by atomic mass is 10.0. The molecule has 0 saturated carbocycles. The molecule has 4 nitrogen and oxygen atoms in total. The van der Waals surface area contributed by atoms with Crippen molar-refractivity contribution in [3.63, 3.8) is 0 Å². The zero-order chi connectivity index (χ0) is 14.2. The van der Waals surface area contributed by atoms with Crippen molar-refractivity contribution >= 4 is 21.9 Å². The van der Waals surface area contributed by atoms with Crippen LogP contribution in [0, 0.1) is 13.8 Å². The zero-order valence-corrected chi connectivity index (χ0v) is 12.9. The zero-order valence-electron chi connectivity index (χ0n) is 11.3. The third-order valence-electron chi connectivity index (χ3n) is 2.92. The van der Waals surface area contributed by atoms with Crippen molar-refractivity contribution in [2.24, 2.45) is 7.05 Å². The fourth-order valence-corrected chi connectivity index (χ4v) is 2.59. The number of nitrogens with zero attached hydrogens (tertiary/aromatic N) is 2. The summed E-state index contributed by atoms with van der Waals surface area (Å²) in [5.74, 6) is 0.295. The molecule has 1 heterocycles. The third-order valence-corrected chi connectivity index (χ3v) is 3.51. The third kappa shape index (κ3) is 2.71. The van der Waals surface area contributed by atoms with Crippen LogP contribution in [0.25, 0.3) is 11.3 Å². The number of hydrogen-bond acceptors (Lipinski definition) is 3. The first kappa shape index (κ1) is 13.8.